The summed E-state index contributed by atoms with van der Waals surface area (Å²) in [6, 6.07) is 0. The molecule has 0 heterocycles. The van der Waals surface area contributed by atoms with Crippen LogP contribution in [-0.4, -0.2) is 14.1 Å². The Morgan fingerprint density at radius 2 is 1.86 bits per heavy atom. The van der Waals surface area contributed by atoms with Crippen LogP contribution in [0.2, 0.25) is 18.1 Å². The predicted octanol–water partition coefficient (Wildman–Crippen LogP) is 3.26. The fraction of sp³-hybridized carbons (Fsp3) is 0.727. The molecule has 1 aliphatic rings. The number of carbonyl (C=O) groups excluding carboxylic acids is 1. The molecule has 1 aliphatic carbocycles. The van der Waals surface area contributed by atoms with Gasteiger partial charge < -0.3 is 4.43 Å². The van der Waals surface area contributed by atoms with Gasteiger partial charge in [0.2, 0.25) is 8.32 Å². The Hall–Kier alpha value is -0.573. The molecule has 0 N–H and O–H groups in total. The zero-order valence-corrected chi connectivity index (χ0v) is 10.8. The average Bonchev–Trinajstić information content (AvgIpc) is 2.31. The number of rotatable bonds is 2. The standard InChI is InChI=1S/C11H20O2Si/c1-11(2,3)14(4,5)13-10-7-6-9(12)8-10/h8H,6-7H2,1-5H3. The summed E-state index contributed by atoms with van der Waals surface area (Å²) in [5, 5.41) is 0.208. The first-order valence-corrected chi connectivity index (χ1v) is 8.06. The van der Waals surface area contributed by atoms with Gasteiger partial charge in [-0.25, -0.2) is 0 Å². The first kappa shape index (κ1) is 11.5. The highest BCUT2D eigenvalue weighted by atomic mass is 28.4. The van der Waals surface area contributed by atoms with Crippen molar-refractivity contribution in [1.29, 1.82) is 0 Å². The van der Waals surface area contributed by atoms with Crippen molar-refractivity contribution in [1.82, 2.24) is 0 Å². The Kier molecular flexibility index (Phi) is 2.90. The maximum Gasteiger partial charge on any atom is 0.250 e. The van der Waals surface area contributed by atoms with Gasteiger partial charge in [-0.2, -0.15) is 0 Å². The van der Waals surface area contributed by atoms with Gasteiger partial charge >= 0.3 is 0 Å². The van der Waals surface area contributed by atoms with E-state index in [0.717, 1.165) is 12.2 Å². The topological polar surface area (TPSA) is 26.3 Å². The third-order valence-electron chi connectivity index (χ3n) is 3.13. The Morgan fingerprint density at radius 3 is 2.21 bits per heavy atom. The van der Waals surface area contributed by atoms with Crippen molar-refractivity contribution >= 4 is 14.1 Å². The molecule has 0 fully saturated rings. The number of carbonyl (C=O) groups is 1. The number of hydrogen-bond donors (Lipinski definition) is 0. The van der Waals surface area contributed by atoms with Crippen molar-refractivity contribution < 1.29 is 9.22 Å². The van der Waals surface area contributed by atoms with E-state index in [1.165, 1.54) is 0 Å². The normalized spacial score (nSPS) is 18.4. The van der Waals surface area contributed by atoms with E-state index >= 15 is 0 Å². The summed E-state index contributed by atoms with van der Waals surface area (Å²) in [7, 11) is -1.72. The molecule has 0 saturated carbocycles. The number of ketones is 1. The van der Waals surface area contributed by atoms with E-state index in [4.69, 9.17) is 4.43 Å². The zero-order valence-electron chi connectivity index (χ0n) is 9.81. The van der Waals surface area contributed by atoms with E-state index in [-0.39, 0.29) is 10.8 Å². The van der Waals surface area contributed by atoms with Crippen LogP contribution in [0.3, 0.4) is 0 Å². The zero-order chi connectivity index (χ0) is 11.0. The summed E-state index contributed by atoms with van der Waals surface area (Å²) in [5.74, 6) is 1.11. The highest BCUT2D eigenvalue weighted by Gasteiger charge is 2.39. The van der Waals surface area contributed by atoms with Gasteiger partial charge in [0.25, 0.3) is 0 Å². The molecule has 0 aliphatic heterocycles. The molecule has 0 saturated heterocycles. The SMILES string of the molecule is CC(C)(C)[Si](C)(C)OC1=CC(=O)CC1. The van der Waals surface area contributed by atoms with E-state index in [0.29, 0.717) is 6.42 Å². The minimum Gasteiger partial charge on any atom is -0.546 e. The summed E-state index contributed by atoms with van der Waals surface area (Å²) >= 11 is 0. The molecule has 0 aromatic heterocycles. The van der Waals surface area contributed by atoms with Crippen molar-refractivity contribution in [3.63, 3.8) is 0 Å². The third kappa shape index (κ3) is 2.47. The van der Waals surface area contributed by atoms with Crippen molar-refractivity contribution in [2.75, 3.05) is 0 Å². The van der Waals surface area contributed by atoms with Crippen LogP contribution in [0.15, 0.2) is 11.8 Å². The van der Waals surface area contributed by atoms with Crippen LogP contribution in [0.4, 0.5) is 0 Å². The minimum atomic E-state index is -1.72. The quantitative estimate of drug-likeness (QED) is 0.657. The van der Waals surface area contributed by atoms with Gasteiger partial charge in [0, 0.05) is 18.9 Å². The molecule has 0 amide bonds. The number of hydrogen-bond acceptors (Lipinski definition) is 2. The lowest BCUT2D eigenvalue weighted by Crippen LogP contribution is -2.40. The molecular weight excluding hydrogens is 192 g/mol. The molecule has 3 heteroatoms. The molecule has 2 nitrogen and oxygen atoms in total. The molecule has 1 rings (SSSR count). The summed E-state index contributed by atoms with van der Waals surface area (Å²) in [6.07, 6.45) is 3.09. The van der Waals surface area contributed by atoms with Crippen LogP contribution in [-0.2, 0) is 9.22 Å². The van der Waals surface area contributed by atoms with E-state index in [1.54, 1.807) is 6.08 Å². The van der Waals surface area contributed by atoms with Crippen LogP contribution in [0.1, 0.15) is 33.6 Å². The number of allylic oxidation sites excluding steroid dienone is 2. The van der Waals surface area contributed by atoms with Gasteiger partial charge in [0.15, 0.2) is 5.78 Å². The summed E-state index contributed by atoms with van der Waals surface area (Å²) in [5.41, 5.74) is 0. The Bertz CT molecular complexity index is 272. The highest BCUT2D eigenvalue weighted by Crippen LogP contribution is 2.39. The van der Waals surface area contributed by atoms with Crippen molar-refractivity contribution in [3.8, 4) is 0 Å². The lowest BCUT2D eigenvalue weighted by atomic mass is 10.2. The van der Waals surface area contributed by atoms with Gasteiger partial charge in [-0.3, -0.25) is 4.79 Å². The smallest absolute Gasteiger partial charge is 0.250 e. The predicted molar refractivity (Wildman–Crippen MR) is 60.6 cm³/mol. The molecule has 0 radical (unpaired) electrons. The molecule has 14 heavy (non-hydrogen) atoms. The first-order valence-electron chi connectivity index (χ1n) is 5.15. The largest absolute Gasteiger partial charge is 0.546 e. The lowest BCUT2D eigenvalue weighted by molar-refractivity contribution is -0.114. The summed E-state index contributed by atoms with van der Waals surface area (Å²) < 4.78 is 6.01. The van der Waals surface area contributed by atoms with Crippen molar-refractivity contribution in [3.05, 3.63) is 11.8 Å². The van der Waals surface area contributed by atoms with Crippen LogP contribution < -0.4 is 0 Å². The maximum atomic E-state index is 11.0. The average molecular weight is 212 g/mol. The molecule has 80 valence electrons. The van der Waals surface area contributed by atoms with E-state index in [9.17, 15) is 4.79 Å². The van der Waals surface area contributed by atoms with Crippen molar-refractivity contribution in [2.24, 2.45) is 0 Å². The Morgan fingerprint density at radius 1 is 1.29 bits per heavy atom. The second-order valence-corrected chi connectivity index (χ2v) is 10.2. The van der Waals surface area contributed by atoms with Gasteiger partial charge in [0.1, 0.15) is 0 Å². The van der Waals surface area contributed by atoms with Crippen LogP contribution in [0.25, 0.3) is 0 Å². The fourth-order valence-corrected chi connectivity index (χ4v) is 2.25. The second kappa shape index (κ2) is 3.53. The first-order chi connectivity index (χ1) is 6.22. The van der Waals surface area contributed by atoms with Crippen LogP contribution in [0, 0.1) is 0 Å². The van der Waals surface area contributed by atoms with E-state index in [1.807, 2.05) is 0 Å². The molecule has 0 bridgehead atoms. The third-order valence-corrected chi connectivity index (χ3v) is 7.52. The Labute approximate surface area is 87.5 Å². The van der Waals surface area contributed by atoms with E-state index < -0.39 is 8.32 Å². The maximum absolute atomic E-state index is 11.0. The lowest BCUT2D eigenvalue weighted by Gasteiger charge is -2.36. The molecule has 0 spiro atoms. The highest BCUT2D eigenvalue weighted by molar-refractivity contribution is 6.74. The van der Waals surface area contributed by atoms with Gasteiger partial charge in [-0.05, 0) is 18.1 Å². The van der Waals surface area contributed by atoms with Gasteiger partial charge in [-0.1, -0.05) is 20.8 Å². The summed E-state index contributed by atoms with van der Waals surface area (Å²) in [6.45, 7) is 11.0. The van der Waals surface area contributed by atoms with Crippen LogP contribution in [0.5, 0.6) is 0 Å². The van der Waals surface area contributed by atoms with Crippen LogP contribution >= 0.6 is 0 Å². The summed E-state index contributed by atoms with van der Waals surface area (Å²) in [4.78, 5) is 11.0. The molecular formula is C11H20O2Si. The van der Waals surface area contributed by atoms with Crippen molar-refractivity contribution in [2.45, 2.75) is 51.7 Å². The Balaban J connectivity index is 2.69. The molecule has 0 aromatic rings. The molecule has 0 atom stereocenters. The van der Waals surface area contributed by atoms with Gasteiger partial charge in [0.05, 0.1) is 5.76 Å². The molecule has 0 aromatic carbocycles. The second-order valence-electron chi connectivity index (χ2n) is 5.44. The fourth-order valence-electron chi connectivity index (χ4n) is 1.13. The molecule has 0 unspecified atom stereocenters. The van der Waals surface area contributed by atoms with Gasteiger partial charge in [-0.15, -0.1) is 0 Å². The monoisotopic (exact) mass is 212 g/mol. The minimum absolute atomic E-state index is 0.207. The van der Waals surface area contributed by atoms with E-state index in [2.05, 4.69) is 33.9 Å².